The number of primary amides is 1. The van der Waals surface area contributed by atoms with Crippen LogP contribution in [0.1, 0.15) is 16.7 Å². The summed E-state index contributed by atoms with van der Waals surface area (Å²) in [5, 5.41) is -0.155. The number of imide groups is 1. The molecule has 4 rings (SSSR count). The van der Waals surface area contributed by atoms with E-state index < -0.39 is 23.9 Å². The SMILES string of the molecule is Cc1cc(C)c2c(c1)SC1=N[C@@](c3ccccc3)(C(F)(F)F)N(C(N)=O)C(=O)N12. The van der Waals surface area contributed by atoms with Crippen LogP contribution in [0.2, 0.25) is 0 Å². The average Bonchev–Trinajstić information content (AvgIpc) is 2.99. The number of aliphatic imine (C=N–C) groups is 1. The highest BCUT2D eigenvalue weighted by Crippen LogP contribution is 2.53. The first-order valence-corrected chi connectivity index (χ1v) is 9.34. The second-order valence-corrected chi connectivity index (χ2v) is 7.76. The Labute approximate surface area is 168 Å². The molecule has 0 saturated heterocycles. The number of aryl methyl sites for hydroxylation is 2. The number of nitrogens with two attached hydrogens (primary N) is 1. The zero-order chi connectivity index (χ0) is 21.1. The topological polar surface area (TPSA) is 79.0 Å². The highest BCUT2D eigenvalue weighted by Gasteiger charge is 2.67. The van der Waals surface area contributed by atoms with Crippen LogP contribution in [0.3, 0.4) is 0 Å². The van der Waals surface area contributed by atoms with Gasteiger partial charge in [-0.2, -0.15) is 13.2 Å². The van der Waals surface area contributed by atoms with E-state index in [1.165, 1.54) is 30.3 Å². The molecule has 2 aliphatic heterocycles. The van der Waals surface area contributed by atoms with Crippen LogP contribution in [-0.4, -0.2) is 28.3 Å². The Balaban J connectivity index is 2.04. The predicted octanol–water partition coefficient (Wildman–Crippen LogP) is 4.50. The molecule has 2 N–H and O–H groups in total. The highest BCUT2D eigenvalue weighted by molar-refractivity contribution is 8.15. The lowest BCUT2D eigenvalue weighted by molar-refractivity contribution is -0.217. The van der Waals surface area contributed by atoms with Gasteiger partial charge in [0.25, 0.3) is 5.66 Å². The molecule has 0 unspecified atom stereocenters. The number of hydrogen-bond donors (Lipinski definition) is 1. The number of amidine groups is 1. The van der Waals surface area contributed by atoms with Crippen LogP contribution in [0.15, 0.2) is 52.4 Å². The number of hydrogen-bond acceptors (Lipinski definition) is 4. The van der Waals surface area contributed by atoms with Crippen molar-refractivity contribution in [3.63, 3.8) is 0 Å². The lowest BCUT2D eigenvalue weighted by atomic mass is 9.96. The summed E-state index contributed by atoms with van der Waals surface area (Å²) >= 11 is 0.955. The molecule has 2 aliphatic rings. The van der Waals surface area contributed by atoms with Gasteiger partial charge in [0.05, 0.1) is 5.69 Å². The van der Waals surface area contributed by atoms with E-state index in [0.717, 1.165) is 22.2 Å². The number of halogens is 3. The molecule has 0 saturated carbocycles. The first kappa shape index (κ1) is 19.3. The van der Waals surface area contributed by atoms with Gasteiger partial charge in [0.15, 0.2) is 5.17 Å². The number of nitrogens with zero attached hydrogens (tertiary/aromatic N) is 3. The number of benzene rings is 2. The molecule has 0 fully saturated rings. The number of fused-ring (bicyclic) bond motifs is 3. The van der Waals surface area contributed by atoms with Gasteiger partial charge in [-0.1, -0.05) is 36.4 Å². The van der Waals surface area contributed by atoms with Crippen LogP contribution in [0.5, 0.6) is 0 Å². The van der Waals surface area contributed by atoms with Crippen LogP contribution >= 0.6 is 11.8 Å². The Bertz CT molecular complexity index is 1070. The first-order valence-electron chi connectivity index (χ1n) is 8.53. The van der Waals surface area contributed by atoms with Gasteiger partial charge in [-0.3, -0.25) is 0 Å². The van der Waals surface area contributed by atoms with Crippen molar-refractivity contribution in [2.75, 3.05) is 4.90 Å². The summed E-state index contributed by atoms with van der Waals surface area (Å²) in [4.78, 5) is 30.9. The molecule has 6 nitrogen and oxygen atoms in total. The van der Waals surface area contributed by atoms with Gasteiger partial charge >= 0.3 is 18.2 Å². The van der Waals surface area contributed by atoms with Gasteiger partial charge < -0.3 is 5.73 Å². The highest BCUT2D eigenvalue weighted by atomic mass is 32.2. The molecule has 0 bridgehead atoms. The second kappa shape index (κ2) is 6.24. The number of rotatable bonds is 1. The van der Waals surface area contributed by atoms with E-state index in [-0.39, 0.29) is 15.6 Å². The summed E-state index contributed by atoms with van der Waals surface area (Å²) < 4.78 is 43.4. The molecule has 2 heterocycles. The summed E-state index contributed by atoms with van der Waals surface area (Å²) in [6.07, 6.45) is -5.10. The maximum absolute atomic E-state index is 14.5. The van der Waals surface area contributed by atoms with E-state index >= 15 is 0 Å². The van der Waals surface area contributed by atoms with Crippen LogP contribution in [0.25, 0.3) is 0 Å². The van der Waals surface area contributed by atoms with Crippen molar-refractivity contribution >= 4 is 34.7 Å². The predicted molar refractivity (Wildman–Crippen MR) is 103 cm³/mol. The zero-order valence-corrected chi connectivity index (χ0v) is 16.1. The quantitative estimate of drug-likeness (QED) is 0.738. The first-order chi connectivity index (χ1) is 13.6. The molecule has 150 valence electrons. The number of carbonyl (C=O) groups excluding carboxylic acids is 2. The Morgan fingerprint density at radius 2 is 1.83 bits per heavy atom. The summed E-state index contributed by atoms with van der Waals surface area (Å²) in [7, 11) is 0. The minimum Gasteiger partial charge on any atom is -0.351 e. The number of alkyl halides is 3. The summed E-state index contributed by atoms with van der Waals surface area (Å²) in [5.41, 5.74) is 3.63. The van der Waals surface area contributed by atoms with Crippen molar-refractivity contribution in [3.05, 3.63) is 59.2 Å². The number of amides is 4. The maximum Gasteiger partial charge on any atom is 0.437 e. The standard InChI is InChI=1S/C19H15F3N4O2S/c1-10-8-11(2)14-13(9-10)29-16-24-18(19(20,21)22,12-6-4-3-5-7-12)26(15(23)27)17(28)25(14)16/h3-9H,1-2H3,(H2,23,27)/t18-/m1/s1. The average molecular weight is 420 g/mol. The number of thioether (sulfide) groups is 1. The smallest absolute Gasteiger partial charge is 0.351 e. The van der Waals surface area contributed by atoms with Crippen molar-refractivity contribution in [3.8, 4) is 0 Å². The van der Waals surface area contributed by atoms with E-state index in [1.54, 1.807) is 19.1 Å². The van der Waals surface area contributed by atoms with Crippen molar-refractivity contribution < 1.29 is 22.8 Å². The third-order valence-corrected chi connectivity index (χ3v) is 5.77. The molecule has 0 radical (unpaired) electrons. The third-order valence-electron chi connectivity index (χ3n) is 4.78. The Hall–Kier alpha value is -3.01. The molecule has 0 aliphatic carbocycles. The molecule has 0 spiro atoms. The monoisotopic (exact) mass is 420 g/mol. The van der Waals surface area contributed by atoms with Gasteiger partial charge in [-0.05, 0) is 42.8 Å². The molecular formula is C19H15F3N4O2S. The van der Waals surface area contributed by atoms with Gasteiger partial charge in [0.1, 0.15) is 0 Å². The van der Waals surface area contributed by atoms with Gasteiger partial charge in [0, 0.05) is 10.5 Å². The van der Waals surface area contributed by atoms with Gasteiger partial charge in [0.2, 0.25) is 0 Å². The molecule has 10 heteroatoms. The number of anilines is 1. The van der Waals surface area contributed by atoms with Crippen LogP contribution in [0, 0.1) is 13.8 Å². The second-order valence-electron chi connectivity index (χ2n) is 6.75. The van der Waals surface area contributed by atoms with E-state index in [1.807, 2.05) is 6.92 Å². The lowest BCUT2D eigenvalue weighted by Gasteiger charge is -2.44. The van der Waals surface area contributed by atoms with Crippen LogP contribution < -0.4 is 10.6 Å². The van der Waals surface area contributed by atoms with Crippen molar-refractivity contribution in [2.24, 2.45) is 10.7 Å². The summed E-state index contributed by atoms with van der Waals surface area (Å²) in [6, 6.07) is 7.44. The Morgan fingerprint density at radius 1 is 1.17 bits per heavy atom. The van der Waals surface area contributed by atoms with Crippen LogP contribution in [-0.2, 0) is 5.66 Å². The number of urea groups is 2. The molecule has 2 aromatic carbocycles. The van der Waals surface area contributed by atoms with E-state index in [4.69, 9.17) is 5.73 Å². The van der Waals surface area contributed by atoms with Gasteiger partial charge in [-0.25, -0.2) is 24.4 Å². The fraction of sp³-hybridized carbons (Fsp3) is 0.211. The zero-order valence-electron chi connectivity index (χ0n) is 15.3. The molecule has 1 atom stereocenters. The van der Waals surface area contributed by atoms with Crippen LogP contribution in [0.4, 0.5) is 28.4 Å². The normalized spacial score (nSPS) is 21.0. The Morgan fingerprint density at radius 3 is 2.41 bits per heavy atom. The minimum atomic E-state index is -5.10. The molecule has 0 aromatic heterocycles. The maximum atomic E-state index is 14.5. The van der Waals surface area contributed by atoms with E-state index in [9.17, 15) is 22.8 Å². The van der Waals surface area contributed by atoms with E-state index in [0.29, 0.717) is 16.1 Å². The summed E-state index contributed by atoms with van der Waals surface area (Å²) in [5.74, 6) is 0. The molecule has 29 heavy (non-hydrogen) atoms. The molecule has 4 amide bonds. The van der Waals surface area contributed by atoms with Crippen molar-refractivity contribution in [2.45, 2.75) is 30.6 Å². The lowest BCUT2D eigenvalue weighted by Crippen LogP contribution is -2.67. The summed E-state index contributed by atoms with van der Waals surface area (Å²) in [6.45, 7) is 3.58. The number of carbonyl (C=O) groups is 2. The van der Waals surface area contributed by atoms with E-state index in [2.05, 4.69) is 4.99 Å². The van der Waals surface area contributed by atoms with Gasteiger partial charge in [-0.15, -0.1) is 0 Å². The Kier molecular flexibility index (Phi) is 4.16. The van der Waals surface area contributed by atoms with Crippen molar-refractivity contribution in [1.29, 1.82) is 0 Å². The molecular weight excluding hydrogens is 405 g/mol. The molecule has 2 aromatic rings. The van der Waals surface area contributed by atoms with Crippen molar-refractivity contribution in [1.82, 2.24) is 4.90 Å². The largest absolute Gasteiger partial charge is 0.437 e. The third kappa shape index (κ3) is 2.62. The fourth-order valence-corrected chi connectivity index (χ4v) is 4.90. The minimum absolute atomic E-state index is 0.0131. The fourth-order valence-electron chi connectivity index (χ4n) is 3.67.